The second-order valence-corrected chi connectivity index (χ2v) is 3.69. The zero-order valence-electron chi connectivity index (χ0n) is 8.99. The van der Waals surface area contributed by atoms with Crippen LogP contribution in [0.3, 0.4) is 0 Å². The van der Waals surface area contributed by atoms with E-state index < -0.39 is 11.6 Å². The molecular weight excluding hydrogens is 222 g/mol. The van der Waals surface area contributed by atoms with Crippen molar-refractivity contribution in [3.8, 4) is 11.1 Å². The molecule has 0 atom stereocenters. The lowest BCUT2D eigenvalue weighted by Crippen LogP contribution is -1.88. The minimum Gasteiger partial charge on any atom is -0.303 e. The van der Waals surface area contributed by atoms with Crippen molar-refractivity contribution in [3.05, 3.63) is 59.7 Å². The highest BCUT2D eigenvalue weighted by atomic mass is 19.1. The molecule has 0 aromatic heterocycles. The predicted octanol–water partition coefficient (Wildman–Crippen LogP) is 3.37. The van der Waals surface area contributed by atoms with Crippen LogP contribution in [0, 0.1) is 11.6 Å². The van der Waals surface area contributed by atoms with Gasteiger partial charge in [-0.2, -0.15) is 0 Å². The molecule has 0 unspecified atom stereocenters. The molecule has 0 saturated carbocycles. The van der Waals surface area contributed by atoms with E-state index in [1.165, 1.54) is 12.1 Å². The zero-order valence-corrected chi connectivity index (χ0v) is 8.99. The lowest BCUT2D eigenvalue weighted by Gasteiger charge is -2.04. The first-order chi connectivity index (χ1) is 8.20. The summed E-state index contributed by atoms with van der Waals surface area (Å²) in [5, 5.41) is 0. The van der Waals surface area contributed by atoms with Crippen molar-refractivity contribution in [2.75, 3.05) is 0 Å². The normalized spacial score (nSPS) is 10.2. The van der Waals surface area contributed by atoms with Crippen molar-refractivity contribution in [2.24, 2.45) is 0 Å². The molecule has 0 N–H and O–H groups in total. The fourth-order valence-corrected chi connectivity index (χ4v) is 1.64. The molecule has 0 heterocycles. The van der Waals surface area contributed by atoms with Crippen molar-refractivity contribution in [1.29, 1.82) is 0 Å². The van der Waals surface area contributed by atoms with Crippen LogP contribution in [0.25, 0.3) is 11.1 Å². The Morgan fingerprint density at radius 1 is 1.00 bits per heavy atom. The summed E-state index contributed by atoms with van der Waals surface area (Å²) in [5.74, 6) is -1.18. The standard InChI is InChI=1S/C14H10F2O/c15-12-5-6-13(14(16)9-12)11-3-1-10(2-4-11)7-8-17/h1-6,8-9H,7H2. The van der Waals surface area contributed by atoms with Gasteiger partial charge in [-0.25, -0.2) is 8.78 Å². The summed E-state index contributed by atoms with van der Waals surface area (Å²) < 4.78 is 26.2. The monoisotopic (exact) mass is 232 g/mol. The number of aldehydes is 1. The van der Waals surface area contributed by atoms with Gasteiger partial charge >= 0.3 is 0 Å². The number of carbonyl (C=O) groups is 1. The Morgan fingerprint density at radius 2 is 1.71 bits per heavy atom. The highest BCUT2D eigenvalue weighted by molar-refractivity contribution is 5.65. The molecular formula is C14H10F2O. The predicted molar refractivity (Wildman–Crippen MR) is 61.6 cm³/mol. The molecule has 0 bridgehead atoms. The molecule has 0 fully saturated rings. The smallest absolute Gasteiger partial charge is 0.133 e. The summed E-state index contributed by atoms with van der Waals surface area (Å²) >= 11 is 0. The lowest BCUT2D eigenvalue weighted by atomic mass is 10.0. The lowest BCUT2D eigenvalue weighted by molar-refractivity contribution is -0.107. The van der Waals surface area contributed by atoms with Gasteiger partial charge in [-0.3, -0.25) is 0 Å². The second kappa shape index (κ2) is 4.87. The van der Waals surface area contributed by atoms with Crippen LogP contribution < -0.4 is 0 Å². The van der Waals surface area contributed by atoms with E-state index in [1.54, 1.807) is 24.3 Å². The molecule has 2 aromatic rings. The van der Waals surface area contributed by atoms with E-state index in [0.29, 0.717) is 17.5 Å². The van der Waals surface area contributed by atoms with Gasteiger partial charge in [0.1, 0.15) is 17.9 Å². The van der Waals surface area contributed by atoms with Gasteiger partial charge in [-0.15, -0.1) is 0 Å². The SMILES string of the molecule is O=CCc1ccc(-c2ccc(F)cc2F)cc1. The molecule has 2 rings (SSSR count). The molecule has 86 valence electrons. The van der Waals surface area contributed by atoms with Gasteiger partial charge in [-0.05, 0) is 23.3 Å². The molecule has 0 aliphatic heterocycles. The van der Waals surface area contributed by atoms with Gasteiger partial charge in [-0.1, -0.05) is 24.3 Å². The number of halogens is 2. The molecule has 2 aromatic carbocycles. The van der Waals surface area contributed by atoms with Gasteiger partial charge in [0.05, 0.1) is 0 Å². The Kier molecular flexibility index (Phi) is 3.28. The van der Waals surface area contributed by atoms with Crippen molar-refractivity contribution in [1.82, 2.24) is 0 Å². The molecule has 0 aliphatic rings. The summed E-state index contributed by atoms with van der Waals surface area (Å²) in [6.45, 7) is 0. The number of carbonyl (C=O) groups excluding carboxylic acids is 1. The van der Waals surface area contributed by atoms with Crippen LogP contribution in [0.5, 0.6) is 0 Å². The fourth-order valence-electron chi connectivity index (χ4n) is 1.64. The summed E-state index contributed by atoms with van der Waals surface area (Å²) in [6, 6.07) is 10.4. The minimum absolute atomic E-state index is 0.339. The van der Waals surface area contributed by atoms with E-state index in [1.807, 2.05) is 0 Å². The van der Waals surface area contributed by atoms with Gasteiger partial charge < -0.3 is 4.79 Å². The zero-order chi connectivity index (χ0) is 12.3. The summed E-state index contributed by atoms with van der Waals surface area (Å²) in [4.78, 5) is 10.3. The van der Waals surface area contributed by atoms with Gasteiger partial charge in [0, 0.05) is 18.1 Å². The van der Waals surface area contributed by atoms with Gasteiger partial charge in [0.2, 0.25) is 0 Å². The Balaban J connectivity index is 2.36. The molecule has 0 saturated heterocycles. The fraction of sp³-hybridized carbons (Fsp3) is 0.0714. The van der Waals surface area contributed by atoms with Crippen molar-refractivity contribution in [2.45, 2.75) is 6.42 Å². The summed E-state index contributed by atoms with van der Waals surface area (Å²) in [6.07, 6.45) is 1.15. The molecule has 0 aliphatic carbocycles. The average molecular weight is 232 g/mol. The Morgan fingerprint density at radius 3 is 2.29 bits per heavy atom. The maximum atomic E-state index is 13.5. The van der Waals surface area contributed by atoms with E-state index in [4.69, 9.17) is 0 Å². The molecule has 0 amide bonds. The van der Waals surface area contributed by atoms with Crippen molar-refractivity contribution < 1.29 is 13.6 Å². The van der Waals surface area contributed by atoms with Crippen molar-refractivity contribution >= 4 is 6.29 Å². The number of hydrogen-bond acceptors (Lipinski definition) is 1. The van der Waals surface area contributed by atoms with E-state index in [0.717, 1.165) is 17.9 Å². The third-order valence-corrected chi connectivity index (χ3v) is 2.52. The molecule has 17 heavy (non-hydrogen) atoms. The van der Waals surface area contributed by atoms with Crippen LogP contribution in [0.15, 0.2) is 42.5 Å². The second-order valence-electron chi connectivity index (χ2n) is 3.69. The Bertz CT molecular complexity index is 532. The largest absolute Gasteiger partial charge is 0.303 e. The minimum atomic E-state index is -0.594. The van der Waals surface area contributed by atoms with Crippen LogP contribution in [0.1, 0.15) is 5.56 Å². The quantitative estimate of drug-likeness (QED) is 0.741. The van der Waals surface area contributed by atoms with Crippen molar-refractivity contribution in [3.63, 3.8) is 0 Å². The molecule has 1 nitrogen and oxygen atoms in total. The van der Waals surface area contributed by atoms with Crippen LogP contribution in [-0.2, 0) is 11.2 Å². The highest BCUT2D eigenvalue weighted by Gasteiger charge is 2.05. The van der Waals surface area contributed by atoms with E-state index >= 15 is 0 Å². The molecule has 0 radical (unpaired) electrons. The maximum absolute atomic E-state index is 13.5. The van der Waals surface area contributed by atoms with Gasteiger partial charge in [0.25, 0.3) is 0 Å². The van der Waals surface area contributed by atoms with Crippen LogP contribution in [-0.4, -0.2) is 6.29 Å². The first-order valence-electron chi connectivity index (χ1n) is 5.18. The summed E-state index contributed by atoms with van der Waals surface area (Å²) in [5.41, 5.74) is 1.88. The van der Waals surface area contributed by atoms with Crippen LogP contribution in [0.4, 0.5) is 8.78 Å². The Hall–Kier alpha value is -2.03. The summed E-state index contributed by atoms with van der Waals surface area (Å²) in [7, 11) is 0. The Labute approximate surface area is 97.7 Å². The van der Waals surface area contributed by atoms with E-state index in [9.17, 15) is 13.6 Å². The van der Waals surface area contributed by atoms with E-state index in [-0.39, 0.29) is 0 Å². The first-order valence-corrected chi connectivity index (χ1v) is 5.18. The number of hydrogen-bond donors (Lipinski definition) is 0. The third kappa shape index (κ3) is 2.56. The number of rotatable bonds is 3. The van der Waals surface area contributed by atoms with Crippen LogP contribution in [0.2, 0.25) is 0 Å². The van der Waals surface area contributed by atoms with Crippen LogP contribution >= 0.6 is 0 Å². The number of benzene rings is 2. The average Bonchev–Trinajstić information content (AvgIpc) is 2.31. The molecule has 3 heteroatoms. The third-order valence-electron chi connectivity index (χ3n) is 2.52. The molecule has 0 spiro atoms. The first kappa shape index (κ1) is 11.5. The van der Waals surface area contributed by atoms with Gasteiger partial charge in [0.15, 0.2) is 0 Å². The van der Waals surface area contributed by atoms with E-state index in [2.05, 4.69) is 0 Å². The topological polar surface area (TPSA) is 17.1 Å². The highest BCUT2D eigenvalue weighted by Crippen LogP contribution is 2.23. The maximum Gasteiger partial charge on any atom is 0.133 e.